The van der Waals surface area contributed by atoms with Crippen molar-refractivity contribution in [2.75, 3.05) is 6.54 Å². The van der Waals surface area contributed by atoms with Gasteiger partial charge in [-0.05, 0) is 49.2 Å². The molecule has 0 aromatic carbocycles. The Morgan fingerprint density at radius 1 is 1.52 bits per heavy atom. The second-order valence-electron chi connectivity index (χ2n) is 5.96. The highest BCUT2D eigenvalue weighted by molar-refractivity contribution is 7.10. The quantitative estimate of drug-likeness (QED) is 0.885. The number of fused-ring (bicyclic) bond motifs is 1. The van der Waals surface area contributed by atoms with Crippen molar-refractivity contribution in [2.24, 2.45) is 7.05 Å². The first-order valence-electron chi connectivity index (χ1n) is 8.05. The summed E-state index contributed by atoms with van der Waals surface area (Å²) in [7, 11) is 2.09. The third-order valence-electron chi connectivity index (χ3n) is 4.65. The van der Waals surface area contributed by atoms with E-state index in [0.717, 1.165) is 13.0 Å². The number of nitrogens with zero attached hydrogens (tertiary/aromatic N) is 2. The Morgan fingerprint density at radius 2 is 2.43 bits per heavy atom. The van der Waals surface area contributed by atoms with Gasteiger partial charge in [0.05, 0.1) is 0 Å². The maximum Gasteiger partial charge on any atom is 0.108 e. The number of hydrogen-bond acceptors (Lipinski definition) is 3. The molecule has 0 saturated carbocycles. The molecular weight excluding hydrogens is 278 g/mol. The number of hydrogen-bond donors (Lipinski definition) is 1. The first kappa shape index (κ1) is 14.8. The van der Waals surface area contributed by atoms with Crippen LogP contribution >= 0.6 is 11.3 Å². The third kappa shape index (κ3) is 3.22. The molecule has 2 aromatic rings. The van der Waals surface area contributed by atoms with Crippen molar-refractivity contribution in [1.82, 2.24) is 14.9 Å². The van der Waals surface area contributed by atoms with E-state index in [9.17, 15) is 0 Å². The van der Waals surface area contributed by atoms with Crippen LogP contribution in [0.1, 0.15) is 48.4 Å². The summed E-state index contributed by atoms with van der Waals surface area (Å²) in [6.45, 7) is 3.26. The van der Waals surface area contributed by atoms with Crippen molar-refractivity contribution in [3.05, 3.63) is 40.1 Å². The molecule has 1 aliphatic rings. The van der Waals surface area contributed by atoms with E-state index in [-0.39, 0.29) is 0 Å². The van der Waals surface area contributed by atoms with Crippen molar-refractivity contribution < 1.29 is 0 Å². The standard InChI is InChI=1S/C17H25N3S/c1-3-18-15(7-8-17-19-10-11-20(17)2)13-5-4-6-16-14(13)9-12-21-16/h9-13,15,18H,3-8H2,1-2H3. The van der Waals surface area contributed by atoms with Gasteiger partial charge in [-0.2, -0.15) is 0 Å². The molecule has 0 aliphatic heterocycles. The van der Waals surface area contributed by atoms with Crippen molar-refractivity contribution in [3.63, 3.8) is 0 Å². The maximum absolute atomic E-state index is 4.46. The van der Waals surface area contributed by atoms with Crippen molar-refractivity contribution in [1.29, 1.82) is 0 Å². The van der Waals surface area contributed by atoms with Crippen LogP contribution in [0.3, 0.4) is 0 Å². The minimum absolute atomic E-state index is 0.570. The number of likely N-dealkylation sites (N-methyl/N-ethyl adjacent to an activating group) is 1. The molecule has 0 spiro atoms. The van der Waals surface area contributed by atoms with Gasteiger partial charge in [-0.15, -0.1) is 11.3 Å². The van der Waals surface area contributed by atoms with Crippen LogP contribution < -0.4 is 5.32 Å². The van der Waals surface area contributed by atoms with Crippen LogP contribution in [-0.4, -0.2) is 22.1 Å². The lowest BCUT2D eigenvalue weighted by Gasteiger charge is -2.31. The molecule has 1 aliphatic carbocycles. The summed E-state index contributed by atoms with van der Waals surface area (Å²) in [4.78, 5) is 6.08. The minimum atomic E-state index is 0.570. The first-order chi connectivity index (χ1) is 10.3. The van der Waals surface area contributed by atoms with Gasteiger partial charge in [0.1, 0.15) is 5.82 Å². The molecule has 2 unspecified atom stereocenters. The van der Waals surface area contributed by atoms with E-state index in [1.807, 2.05) is 23.7 Å². The van der Waals surface area contributed by atoms with Crippen LogP contribution in [0.25, 0.3) is 0 Å². The van der Waals surface area contributed by atoms with Crippen molar-refractivity contribution >= 4 is 11.3 Å². The highest BCUT2D eigenvalue weighted by Gasteiger charge is 2.28. The summed E-state index contributed by atoms with van der Waals surface area (Å²) in [5.74, 6) is 1.87. The Kier molecular flexibility index (Phi) is 4.76. The van der Waals surface area contributed by atoms with Crippen LogP contribution in [0.15, 0.2) is 23.8 Å². The van der Waals surface area contributed by atoms with E-state index in [1.54, 1.807) is 10.4 Å². The molecule has 4 heteroatoms. The van der Waals surface area contributed by atoms with Gasteiger partial charge in [0.15, 0.2) is 0 Å². The molecule has 1 N–H and O–H groups in total. The van der Waals surface area contributed by atoms with E-state index >= 15 is 0 Å². The molecule has 2 atom stereocenters. The largest absolute Gasteiger partial charge is 0.338 e. The zero-order valence-electron chi connectivity index (χ0n) is 13.0. The fourth-order valence-electron chi connectivity index (χ4n) is 3.57. The summed E-state index contributed by atoms with van der Waals surface area (Å²) in [6.07, 6.45) is 10.1. The van der Waals surface area contributed by atoms with Crippen LogP contribution in [0.4, 0.5) is 0 Å². The Hall–Kier alpha value is -1.13. The molecule has 0 fully saturated rings. The van der Waals surface area contributed by atoms with Crippen LogP contribution in [0.2, 0.25) is 0 Å². The zero-order chi connectivity index (χ0) is 14.7. The van der Waals surface area contributed by atoms with E-state index in [0.29, 0.717) is 12.0 Å². The first-order valence-corrected chi connectivity index (χ1v) is 8.93. The Morgan fingerprint density at radius 3 is 3.19 bits per heavy atom. The Labute approximate surface area is 131 Å². The lowest BCUT2D eigenvalue weighted by Crippen LogP contribution is -2.36. The minimum Gasteiger partial charge on any atom is -0.338 e. The molecule has 21 heavy (non-hydrogen) atoms. The summed E-state index contributed by atoms with van der Waals surface area (Å²) in [5, 5.41) is 6.00. The summed E-state index contributed by atoms with van der Waals surface area (Å²) < 4.78 is 2.14. The molecule has 0 bridgehead atoms. The molecule has 3 nitrogen and oxygen atoms in total. The third-order valence-corrected chi connectivity index (χ3v) is 5.65. The van der Waals surface area contributed by atoms with Gasteiger partial charge in [0, 0.05) is 42.7 Å². The number of imidazole rings is 1. The predicted octanol–water partition coefficient (Wildman–Crippen LogP) is 3.51. The lowest BCUT2D eigenvalue weighted by molar-refractivity contribution is 0.378. The van der Waals surface area contributed by atoms with Gasteiger partial charge in [-0.3, -0.25) is 0 Å². The molecule has 3 rings (SSSR count). The van der Waals surface area contributed by atoms with Crippen molar-refractivity contribution in [2.45, 2.75) is 51.0 Å². The predicted molar refractivity (Wildman–Crippen MR) is 89.0 cm³/mol. The number of aromatic nitrogens is 2. The maximum atomic E-state index is 4.46. The van der Waals surface area contributed by atoms with E-state index in [2.05, 4.69) is 40.3 Å². The molecule has 0 radical (unpaired) electrons. The monoisotopic (exact) mass is 303 g/mol. The van der Waals surface area contributed by atoms with Crippen molar-refractivity contribution in [3.8, 4) is 0 Å². The fraction of sp³-hybridized carbons (Fsp3) is 0.588. The second-order valence-corrected chi connectivity index (χ2v) is 6.96. The number of nitrogens with one attached hydrogen (secondary N) is 1. The summed E-state index contributed by atoms with van der Waals surface area (Å²) >= 11 is 1.94. The topological polar surface area (TPSA) is 29.9 Å². The highest BCUT2D eigenvalue weighted by atomic mass is 32.1. The van der Waals surface area contributed by atoms with Crippen LogP contribution in [-0.2, 0) is 19.9 Å². The molecule has 0 amide bonds. The van der Waals surface area contributed by atoms with E-state index in [4.69, 9.17) is 0 Å². The van der Waals surface area contributed by atoms with Gasteiger partial charge >= 0.3 is 0 Å². The smallest absolute Gasteiger partial charge is 0.108 e. The van der Waals surface area contributed by atoms with Crippen LogP contribution in [0, 0.1) is 0 Å². The van der Waals surface area contributed by atoms with Gasteiger partial charge in [-0.25, -0.2) is 4.98 Å². The van der Waals surface area contributed by atoms with Gasteiger partial charge in [0.25, 0.3) is 0 Å². The average Bonchev–Trinajstić information content (AvgIpc) is 3.12. The van der Waals surface area contributed by atoms with Gasteiger partial charge in [0.2, 0.25) is 0 Å². The fourth-order valence-corrected chi connectivity index (χ4v) is 4.57. The molecule has 2 aromatic heterocycles. The Bertz CT molecular complexity index is 572. The lowest BCUT2D eigenvalue weighted by atomic mass is 9.81. The second kappa shape index (κ2) is 6.75. The van der Waals surface area contributed by atoms with Gasteiger partial charge in [-0.1, -0.05) is 6.92 Å². The molecular formula is C17H25N3S. The molecule has 0 saturated heterocycles. The Balaban J connectivity index is 1.72. The summed E-state index contributed by atoms with van der Waals surface area (Å²) in [5.41, 5.74) is 1.61. The van der Waals surface area contributed by atoms with E-state index < -0.39 is 0 Å². The number of aryl methyl sites for hydroxylation is 3. The molecule has 2 heterocycles. The zero-order valence-corrected chi connectivity index (χ0v) is 13.8. The average molecular weight is 303 g/mol. The van der Waals surface area contributed by atoms with E-state index in [1.165, 1.54) is 31.5 Å². The summed E-state index contributed by atoms with van der Waals surface area (Å²) in [6, 6.07) is 2.93. The van der Waals surface area contributed by atoms with Crippen LogP contribution in [0.5, 0.6) is 0 Å². The molecule has 114 valence electrons. The van der Waals surface area contributed by atoms with Gasteiger partial charge < -0.3 is 9.88 Å². The SMILES string of the molecule is CCNC(CCc1nccn1C)C1CCCc2sccc21. The number of rotatable bonds is 6. The highest BCUT2D eigenvalue weighted by Crippen LogP contribution is 2.38. The number of thiophene rings is 1. The normalized spacial score (nSPS) is 19.4.